The second-order valence-electron chi connectivity index (χ2n) is 5.55. The van der Waals surface area contributed by atoms with E-state index in [2.05, 4.69) is 4.98 Å². The van der Waals surface area contributed by atoms with Gasteiger partial charge in [-0.25, -0.2) is 4.79 Å². The van der Waals surface area contributed by atoms with Gasteiger partial charge in [0.15, 0.2) is 0 Å². The highest BCUT2D eigenvalue weighted by molar-refractivity contribution is 5.94. The Morgan fingerprint density at radius 3 is 2.56 bits per heavy atom. The Labute approximate surface area is 143 Å². The molecule has 0 radical (unpaired) electrons. The molecule has 0 atom stereocenters. The molecule has 0 fully saturated rings. The average Bonchev–Trinajstić information content (AvgIpc) is 2.62. The number of aromatic amines is 1. The van der Waals surface area contributed by atoms with E-state index in [1.54, 1.807) is 31.3 Å². The Balaban J connectivity index is 2.24. The predicted octanol–water partition coefficient (Wildman–Crippen LogP) is 2.55. The molecule has 3 rings (SSSR count). The first-order valence-electron chi connectivity index (χ1n) is 8.08. The molecule has 0 aliphatic heterocycles. The second kappa shape index (κ2) is 6.76. The van der Waals surface area contributed by atoms with Gasteiger partial charge >= 0.3 is 5.97 Å². The van der Waals surface area contributed by atoms with Crippen LogP contribution in [-0.4, -0.2) is 22.1 Å². The smallest absolute Gasteiger partial charge is 0.343 e. The molecular weight excluding hydrogens is 320 g/mol. The van der Waals surface area contributed by atoms with Gasteiger partial charge in [0.2, 0.25) is 11.0 Å². The van der Waals surface area contributed by atoms with Gasteiger partial charge in [0.1, 0.15) is 5.56 Å². The monoisotopic (exact) mass is 338 g/mol. The molecule has 0 aliphatic carbocycles. The lowest BCUT2D eigenvalue weighted by Gasteiger charge is -2.12. The summed E-state index contributed by atoms with van der Waals surface area (Å²) in [6.07, 6.45) is 3.11. The van der Waals surface area contributed by atoms with E-state index >= 15 is 0 Å². The van der Waals surface area contributed by atoms with Crippen LogP contribution in [0.2, 0.25) is 0 Å². The number of carbonyl (C=O) groups is 1. The molecule has 2 aromatic heterocycles. The van der Waals surface area contributed by atoms with Crippen molar-refractivity contribution in [1.82, 2.24) is 9.55 Å². The lowest BCUT2D eigenvalue weighted by Crippen LogP contribution is -2.20. The fourth-order valence-electron chi connectivity index (χ4n) is 2.81. The number of fused-ring (bicyclic) bond motifs is 1. The van der Waals surface area contributed by atoms with E-state index in [1.807, 2.05) is 17.6 Å². The number of benzene rings is 1. The first kappa shape index (κ1) is 16.7. The molecule has 1 aromatic carbocycles. The quantitative estimate of drug-likeness (QED) is 0.741. The maximum Gasteiger partial charge on any atom is 0.343 e. The highest BCUT2D eigenvalue weighted by atomic mass is 16.5. The average molecular weight is 338 g/mol. The lowest BCUT2D eigenvalue weighted by molar-refractivity contribution is 0.0524. The summed E-state index contributed by atoms with van der Waals surface area (Å²) in [5.74, 6) is -0.615. The summed E-state index contributed by atoms with van der Waals surface area (Å²) < 4.78 is 6.81. The minimum absolute atomic E-state index is 0.0279. The number of rotatable bonds is 4. The minimum Gasteiger partial charge on any atom is -0.462 e. The third kappa shape index (κ3) is 3.10. The zero-order valence-corrected chi connectivity index (χ0v) is 14.0. The molecule has 0 spiro atoms. The molecule has 6 heteroatoms. The summed E-state index contributed by atoms with van der Waals surface area (Å²) in [5.41, 5.74) is 1.77. The molecule has 0 amide bonds. The fourth-order valence-corrected chi connectivity index (χ4v) is 2.81. The molecule has 25 heavy (non-hydrogen) atoms. The van der Waals surface area contributed by atoms with Crippen molar-refractivity contribution in [3.05, 3.63) is 68.9 Å². The summed E-state index contributed by atoms with van der Waals surface area (Å²) >= 11 is 0. The number of esters is 1. The van der Waals surface area contributed by atoms with Crippen LogP contribution >= 0.6 is 0 Å². The van der Waals surface area contributed by atoms with Gasteiger partial charge in [-0.1, -0.05) is 6.07 Å². The highest BCUT2D eigenvalue weighted by Crippen LogP contribution is 2.22. The van der Waals surface area contributed by atoms with Crippen molar-refractivity contribution in [3.63, 3.8) is 0 Å². The summed E-state index contributed by atoms with van der Waals surface area (Å²) in [6.45, 7) is 4.43. The molecule has 0 bridgehead atoms. The highest BCUT2D eigenvalue weighted by Gasteiger charge is 2.16. The van der Waals surface area contributed by atoms with Gasteiger partial charge in [0, 0.05) is 30.4 Å². The lowest BCUT2D eigenvalue weighted by atomic mass is 10.0. The molecule has 0 aliphatic rings. The number of pyridine rings is 2. The predicted molar refractivity (Wildman–Crippen MR) is 95.9 cm³/mol. The van der Waals surface area contributed by atoms with Crippen molar-refractivity contribution >= 4 is 16.9 Å². The van der Waals surface area contributed by atoms with Crippen LogP contribution in [0.25, 0.3) is 22.0 Å². The van der Waals surface area contributed by atoms with E-state index in [4.69, 9.17) is 4.74 Å². The topological polar surface area (TPSA) is 81.2 Å². The van der Waals surface area contributed by atoms with E-state index in [9.17, 15) is 14.4 Å². The number of H-pyrrole nitrogens is 1. The molecule has 1 N–H and O–H groups in total. The van der Waals surface area contributed by atoms with Gasteiger partial charge in [-0.15, -0.1) is 0 Å². The molecule has 6 nitrogen and oxygen atoms in total. The minimum atomic E-state index is -0.615. The molecule has 128 valence electrons. The van der Waals surface area contributed by atoms with Crippen LogP contribution in [-0.2, 0) is 11.3 Å². The number of aromatic nitrogens is 2. The third-order valence-electron chi connectivity index (χ3n) is 4.03. The molecule has 0 saturated carbocycles. The van der Waals surface area contributed by atoms with Crippen LogP contribution in [0.5, 0.6) is 0 Å². The van der Waals surface area contributed by atoms with Gasteiger partial charge < -0.3 is 14.3 Å². The first-order chi connectivity index (χ1) is 12.0. The van der Waals surface area contributed by atoms with Gasteiger partial charge in [-0.3, -0.25) is 9.59 Å². The van der Waals surface area contributed by atoms with E-state index in [-0.39, 0.29) is 23.2 Å². The van der Waals surface area contributed by atoms with Crippen molar-refractivity contribution in [3.8, 4) is 11.1 Å². The zero-order chi connectivity index (χ0) is 18.0. The number of nitrogens with one attached hydrogen (secondary N) is 1. The standard InChI is InChI=1S/C19H18N2O4/c1-3-21-11-15(19(24)25-4-2)18(23)14-6-5-12(9-16(14)21)13-7-8-20-17(22)10-13/h5-11H,3-4H2,1-2H3,(H,20,22). The van der Waals surface area contributed by atoms with Crippen LogP contribution in [0.3, 0.4) is 0 Å². The summed E-state index contributed by atoms with van der Waals surface area (Å²) in [5, 5.41) is 0.445. The number of nitrogens with zero attached hydrogens (tertiary/aromatic N) is 1. The summed E-state index contributed by atoms with van der Waals surface area (Å²) in [4.78, 5) is 38.8. The third-order valence-corrected chi connectivity index (χ3v) is 4.03. The van der Waals surface area contributed by atoms with Crippen LogP contribution in [0.15, 0.2) is 52.3 Å². The van der Waals surface area contributed by atoms with Crippen molar-refractivity contribution in [2.45, 2.75) is 20.4 Å². The van der Waals surface area contributed by atoms with Crippen LogP contribution < -0.4 is 11.0 Å². The maximum atomic E-state index is 12.6. The van der Waals surface area contributed by atoms with E-state index < -0.39 is 5.97 Å². The molecular formula is C19H18N2O4. The van der Waals surface area contributed by atoms with E-state index in [1.165, 1.54) is 12.3 Å². The Bertz CT molecular complexity index is 1060. The van der Waals surface area contributed by atoms with Crippen molar-refractivity contribution in [2.24, 2.45) is 0 Å². The van der Waals surface area contributed by atoms with E-state index in [0.717, 1.165) is 11.1 Å². The molecule has 3 aromatic rings. The van der Waals surface area contributed by atoms with Gasteiger partial charge in [0.05, 0.1) is 12.1 Å². The Kier molecular flexibility index (Phi) is 4.52. The van der Waals surface area contributed by atoms with Crippen LogP contribution in [0, 0.1) is 0 Å². The summed E-state index contributed by atoms with van der Waals surface area (Å²) in [6, 6.07) is 8.60. The summed E-state index contributed by atoms with van der Waals surface area (Å²) in [7, 11) is 0. The van der Waals surface area contributed by atoms with Gasteiger partial charge in [-0.2, -0.15) is 0 Å². The Hall–Kier alpha value is -3.15. The van der Waals surface area contributed by atoms with Crippen molar-refractivity contribution in [1.29, 1.82) is 0 Å². The van der Waals surface area contributed by atoms with Crippen LogP contribution in [0.4, 0.5) is 0 Å². The number of hydrogen-bond acceptors (Lipinski definition) is 4. The van der Waals surface area contributed by atoms with E-state index in [0.29, 0.717) is 17.4 Å². The SMILES string of the molecule is CCOC(=O)c1cn(CC)c2cc(-c3cc[nH]c(=O)c3)ccc2c1=O. The zero-order valence-electron chi connectivity index (χ0n) is 14.0. The maximum absolute atomic E-state index is 12.6. The second-order valence-corrected chi connectivity index (χ2v) is 5.55. The van der Waals surface area contributed by atoms with Crippen LogP contribution in [0.1, 0.15) is 24.2 Å². The number of carbonyl (C=O) groups excluding carboxylic acids is 1. The largest absolute Gasteiger partial charge is 0.462 e. The number of hydrogen-bond donors (Lipinski definition) is 1. The number of aryl methyl sites for hydroxylation is 1. The van der Waals surface area contributed by atoms with Crippen molar-refractivity contribution in [2.75, 3.05) is 6.61 Å². The molecule has 0 unspecified atom stereocenters. The molecule has 0 saturated heterocycles. The fraction of sp³-hybridized carbons (Fsp3) is 0.211. The normalized spacial score (nSPS) is 10.8. The Morgan fingerprint density at radius 2 is 1.88 bits per heavy atom. The van der Waals surface area contributed by atoms with Gasteiger partial charge in [0.25, 0.3) is 0 Å². The van der Waals surface area contributed by atoms with Crippen molar-refractivity contribution < 1.29 is 9.53 Å². The van der Waals surface area contributed by atoms with Gasteiger partial charge in [-0.05, 0) is 43.2 Å². The molecule has 2 heterocycles. The Morgan fingerprint density at radius 1 is 1.12 bits per heavy atom. The number of ether oxygens (including phenoxy) is 1. The first-order valence-corrected chi connectivity index (χ1v) is 8.08.